The van der Waals surface area contributed by atoms with Crippen molar-refractivity contribution in [3.05, 3.63) is 12.7 Å². The van der Waals surface area contributed by atoms with Crippen LogP contribution in [-0.4, -0.2) is 25.3 Å². The monoisotopic (exact) mass is 223 g/mol. The Morgan fingerprint density at radius 1 is 1.44 bits per heavy atom. The molecular formula is C14H25NO. The van der Waals surface area contributed by atoms with Gasteiger partial charge >= 0.3 is 0 Å². The van der Waals surface area contributed by atoms with Crippen LogP contribution in [0.25, 0.3) is 0 Å². The maximum absolute atomic E-state index is 5.68. The largest absolute Gasteiger partial charge is 0.378 e. The summed E-state index contributed by atoms with van der Waals surface area (Å²) < 4.78 is 5.68. The Balaban J connectivity index is 1.70. The third-order valence-corrected chi connectivity index (χ3v) is 3.93. The van der Waals surface area contributed by atoms with Gasteiger partial charge in [0.2, 0.25) is 0 Å². The molecule has 16 heavy (non-hydrogen) atoms. The van der Waals surface area contributed by atoms with E-state index in [-0.39, 0.29) is 5.41 Å². The molecule has 2 atom stereocenters. The van der Waals surface area contributed by atoms with Gasteiger partial charge in [-0.25, -0.2) is 0 Å². The quantitative estimate of drug-likeness (QED) is 0.670. The normalized spacial score (nSPS) is 28.9. The first-order valence-electron chi connectivity index (χ1n) is 6.70. The van der Waals surface area contributed by atoms with Gasteiger partial charge in [-0.1, -0.05) is 13.0 Å². The topological polar surface area (TPSA) is 21.3 Å². The molecule has 2 fully saturated rings. The predicted octanol–water partition coefficient (Wildman–Crippen LogP) is 2.89. The maximum atomic E-state index is 5.68. The lowest BCUT2D eigenvalue weighted by Crippen LogP contribution is -2.32. The van der Waals surface area contributed by atoms with E-state index in [0.717, 1.165) is 19.2 Å². The van der Waals surface area contributed by atoms with Crippen molar-refractivity contribution in [2.75, 3.05) is 13.2 Å². The minimum absolute atomic E-state index is 0.245. The molecular weight excluding hydrogens is 198 g/mol. The van der Waals surface area contributed by atoms with E-state index in [1.165, 1.54) is 38.5 Å². The summed E-state index contributed by atoms with van der Waals surface area (Å²) in [4.78, 5) is 0. The summed E-state index contributed by atoms with van der Waals surface area (Å²) >= 11 is 0. The summed E-state index contributed by atoms with van der Waals surface area (Å²) in [6.45, 7) is 8.35. The van der Waals surface area contributed by atoms with Gasteiger partial charge in [-0.2, -0.15) is 0 Å². The first-order valence-corrected chi connectivity index (χ1v) is 6.70. The summed E-state index contributed by atoms with van der Waals surface area (Å²) in [6.07, 6.45) is 10.2. The summed E-state index contributed by atoms with van der Waals surface area (Å²) in [5.74, 6) is 0. The molecule has 0 aromatic heterocycles. The van der Waals surface area contributed by atoms with Gasteiger partial charge in [0.25, 0.3) is 0 Å². The lowest BCUT2D eigenvalue weighted by molar-refractivity contribution is 0.0942. The average molecular weight is 223 g/mol. The minimum atomic E-state index is 0.245. The van der Waals surface area contributed by atoms with Crippen LogP contribution in [0.3, 0.4) is 0 Å². The highest BCUT2D eigenvalue weighted by molar-refractivity contribution is 4.95. The van der Waals surface area contributed by atoms with E-state index in [1.807, 2.05) is 0 Å². The lowest BCUT2D eigenvalue weighted by atomic mass is 9.84. The van der Waals surface area contributed by atoms with Crippen LogP contribution >= 0.6 is 0 Å². The van der Waals surface area contributed by atoms with Crippen LogP contribution in [0.2, 0.25) is 0 Å². The molecule has 2 aliphatic rings. The molecule has 0 radical (unpaired) electrons. The first kappa shape index (κ1) is 12.1. The number of rotatable bonds is 7. The van der Waals surface area contributed by atoms with Crippen molar-refractivity contribution in [1.29, 1.82) is 0 Å². The Morgan fingerprint density at radius 2 is 2.25 bits per heavy atom. The Bertz CT molecular complexity index is 231. The van der Waals surface area contributed by atoms with E-state index in [1.54, 1.807) is 0 Å². The van der Waals surface area contributed by atoms with Gasteiger partial charge < -0.3 is 10.1 Å². The molecule has 92 valence electrons. The molecule has 0 aromatic rings. The molecule has 2 rings (SSSR count). The Hall–Kier alpha value is -0.340. The zero-order valence-corrected chi connectivity index (χ0v) is 10.5. The predicted molar refractivity (Wildman–Crippen MR) is 67.5 cm³/mol. The molecule has 0 aromatic carbocycles. The van der Waals surface area contributed by atoms with Crippen LogP contribution < -0.4 is 5.32 Å². The molecule has 2 unspecified atom stereocenters. The third-order valence-electron chi connectivity index (χ3n) is 3.93. The molecule has 1 saturated heterocycles. The zero-order valence-electron chi connectivity index (χ0n) is 10.5. The van der Waals surface area contributed by atoms with Crippen molar-refractivity contribution in [2.24, 2.45) is 5.41 Å². The summed E-state index contributed by atoms with van der Waals surface area (Å²) in [5.41, 5.74) is 0.245. The second kappa shape index (κ2) is 5.33. The Morgan fingerprint density at radius 3 is 2.81 bits per heavy atom. The number of hydrogen-bond donors (Lipinski definition) is 1. The fourth-order valence-corrected chi connectivity index (χ4v) is 2.29. The second-order valence-electron chi connectivity index (χ2n) is 5.69. The lowest BCUT2D eigenvalue weighted by Gasteiger charge is -2.27. The molecule has 0 bridgehead atoms. The molecule has 1 heterocycles. The fourth-order valence-electron chi connectivity index (χ4n) is 2.29. The van der Waals surface area contributed by atoms with Gasteiger partial charge in [0.1, 0.15) is 0 Å². The van der Waals surface area contributed by atoms with Crippen molar-refractivity contribution >= 4 is 0 Å². The SMILES string of the molecule is C=CC(C)(CCC1CCCO1)CNC1CC1. The molecule has 1 aliphatic carbocycles. The van der Waals surface area contributed by atoms with Crippen molar-refractivity contribution in [1.82, 2.24) is 5.32 Å². The summed E-state index contributed by atoms with van der Waals surface area (Å²) in [5, 5.41) is 3.61. The Kier molecular flexibility index (Phi) is 4.04. The number of hydrogen-bond acceptors (Lipinski definition) is 2. The van der Waals surface area contributed by atoms with E-state index >= 15 is 0 Å². The van der Waals surface area contributed by atoms with Gasteiger partial charge in [-0.3, -0.25) is 0 Å². The smallest absolute Gasteiger partial charge is 0.0576 e. The zero-order chi connectivity index (χ0) is 11.4. The minimum Gasteiger partial charge on any atom is -0.378 e. The van der Waals surface area contributed by atoms with Gasteiger partial charge in [0, 0.05) is 19.2 Å². The average Bonchev–Trinajstić information content (AvgIpc) is 2.99. The third kappa shape index (κ3) is 3.60. The van der Waals surface area contributed by atoms with Crippen molar-refractivity contribution in [3.8, 4) is 0 Å². The van der Waals surface area contributed by atoms with Crippen LogP contribution in [0.15, 0.2) is 12.7 Å². The van der Waals surface area contributed by atoms with Crippen LogP contribution in [0.5, 0.6) is 0 Å². The molecule has 1 saturated carbocycles. The van der Waals surface area contributed by atoms with Gasteiger partial charge in [-0.15, -0.1) is 6.58 Å². The highest BCUT2D eigenvalue weighted by atomic mass is 16.5. The molecule has 2 heteroatoms. The molecule has 0 amide bonds. The van der Waals surface area contributed by atoms with Gasteiger partial charge in [0.05, 0.1) is 6.10 Å². The molecule has 0 spiro atoms. The summed E-state index contributed by atoms with van der Waals surface area (Å²) in [7, 11) is 0. The fraction of sp³-hybridized carbons (Fsp3) is 0.857. The highest BCUT2D eigenvalue weighted by Gasteiger charge is 2.27. The van der Waals surface area contributed by atoms with Crippen LogP contribution in [0.1, 0.15) is 45.4 Å². The van der Waals surface area contributed by atoms with Gasteiger partial charge in [-0.05, 0) is 43.9 Å². The maximum Gasteiger partial charge on any atom is 0.0576 e. The van der Waals surface area contributed by atoms with Crippen LogP contribution in [0, 0.1) is 5.41 Å². The molecule has 1 N–H and O–H groups in total. The number of nitrogens with one attached hydrogen (secondary N) is 1. The van der Waals surface area contributed by atoms with Crippen molar-refractivity contribution in [2.45, 2.75) is 57.6 Å². The van der Waals surface area contributed by atoms with E-state index in [2.05, 4.69) is 24.9 Å². The van der Waals surface area contributed by atoms with Crippen molar-refractivity contribution in [3.63, 3.8) is 0 Å². The summed E-state index contributed by atoms with van der Waals surface area (Å²) in [6, 6.07) is 0.794. The highest BCUT2D eigenvalue weighted by Crippen LogP contribution is 2.29. The Labute approximate surface area is 99.4 Å². The van der Waals surface area contributed by atoms with E-state index in [0.29, 0.717) is 6.10 Å². The van der Waals surface area contributed by atoms with E-state index in [9.17, 15) is 0 Å². The molecule has 1 aliphatic heterocycles. The first-order chi connectivity index (χ1) is 7.72. The van der Waals surface area contributed by atoms with E-state index < -0.39 is 0 Å². The van der Waals surface area contributed by atoms with Gasteiger partial charge in [0.15, 0.2) is 0 Å². The molecule has 2 nitrogen and oxygen atoms in total. The standard InChI is InChI=1S/C14H25NO/c1-3-14(2,11-15-12-6-7-12)9-8-13-5-4-10-16-13/h3,12-13,15H,1,4-11H2,2H3. The second-order valence-corrected chi connectivity index (χ2v) is 5.69. The van der Waals surface area contributed by atoms with Crippen molar-refractivity contribution < 1.29 is 4.74 Å². The van der Waals surface area contributed by atoms with E-state index in [4.69, 9.17) is 4.74 Å². The number of ether oxygens (including phenoxy) is 1. The van der Waals surface area contributed by atoms with Crippen LogP contribution in [-0.2, 0) is 4.74 Å². The van der Waals surface area contributed by atoms with Crippen LogP contribution in [0.4, 0.5) is 0 Å².